The van der Waals surface area contributed by atoms with Gasteiger partial charge in [-0.3, -0.25) is 9.78 Å². The fraction of sp³-hybridized carbons (Fsp3) is 0.174. The minimum atomic E-state index is -0.555. The lowest BCUT2D eigenvalue weighted by molar-refractivity contribution is -0.124. The van der Waals surface area contributed by atoms with Crippen molar-refractivity contribution in [3.05, 3.63) is 91.9 Å². The molecule has 164 valence electrons. The average Bonchev–Trinajstić information content (AvgIpc) is 3.11. The van der Waals surface area contributed by atoms with Gasteiger partial charge in [0.25, 0.3) is 0 Å². The van der Waals surface area contributed by atoms with Crippen molar-refractivity contribution in [3.8, 4) is 0 Å². The largest absolute Gasteiger partial charge is 0.350 e. The third-order valence-corrected chi connectivity index (χ3v) is 6.46. The average molecular weight is 508 g/mol. The van der Waals surface area contributed by atoms with E-state index in [-0.39, 0.29) is 5.91 Å². The number of hydrogen-bond donors (Lipinski definition) is 1. The lowest BCUT2D eigenvalue weighted by Gasteiger charge is -2.18. The van der Waals surface area contributed by atoms with Crippen molar-refractivity contribution >= 4 is 63.3 Å². The molecule has 0 fully saturated rings. The van der Waals surface area contributed by atoms with Crippen LogP contribution in [0.1, 0.15) is 29.9 Å². The first-order valence-electron chi connectivity index (χ1n) is 9.80. The summed E-state index contributed by atoms with van der Waals surface area (Å²) < 4.78 is 1.87. The number of carbonyl (C=O) groups excluding carboxylic acids is 1. The molecule has 2 aromatic carbocycles. The van der Waals surface area contributed by atoms with Gasteiger partial charge in [-0.15, -0.1) is 0 Å². The summed E-state index contributed by atoms with van der Waals surface area (Å²) in [6.45, 7) is 2.21. The number of pyridine rings is 1. The number of carbonyl (C=O) groups is 1. The molecule has 1 unspecified atom stereocenters. The molecule has 0 saturated carbocycles. The van der Waals surface area contributed by atoms with E-state index in [4.69, 9.17) is 51.4 Å². The molecule has 2 heterocycles. The molecule has 1 N–H and O–H groups in total. The maximum Gasteiger partial charge on any atom is 0.243 e. The molecular weight excluding hydrogens is 490 g/mol. The minimum Gasteiger partial charge on any atom is -0.350 e. The summed E-state index contributed by atoms with van der Waals surface area (Å²) in [7, 11) is 0. The third-order valence-electron chi connectivity index (χ3n) is 5.15. The Morgan fingerprint density at radius 2 is 1.72 bits per heavy atom. The molecule has 1 amide bonds. The van der Waals surface area contributed by atoms with E-state index in [9.17, 15) is 4.79 Å². The number of fused-ring (bicyclic) bond motifs is 1. The van der Waals surface area contributed by atoms with Gasteiger partial charge in [0.1, 0.15) is 11.9 Å². The zero-order valence-electron chi connectivity index (χ0n) is 16.9. The minimum absolute atomic E-state index is 0.157. The van der Waals surface area contributed by atoms with Gasteiger partial charge in [-0.2, -0.15) is 0 Å². The van der Waals surface area contributed by atoms with Crippen molar-refractivity contribution in [2.75, 3.05) is 0 Å². The number of halogens is 4. The highest BCUT2D eigenvalue weighted by Crippen LogP contribution is 2.32. The normalized spacial score (nSPS) is 12.2. The molecule has 32 heavy (non-hydrogen) atoms. The van der Waals surface area contributed by atoms with E-state index in [1.54, 1.807) is 36.7 Å². The van der Waals surface area contributed by atoms with Crippen molar-refractivity contribution < 1.29 is 4.79 Å². The summed E-state index contributed by atoms with van der Waals surface area (Å²) in [5.74, 6) is 0.504. The Kier molecular flexibility index (Phi) is 6.91. The smallest absolute Gasteiger partial charge is 0.243 e. The molecule has 0 aliphatic carbocycles. The SMILES string of the molecule is CC(C(=O)NCc1ccncc1)n1c(Cc2ccc(Cl)cc2Cl)nc2cc(Cl)c(Cl)cc21. The van der Waals surface area contributed by atoms with Gasteiger partial charge in [0.15, 0.2) is 0 Å². The molecule has 2 aromatic heterocycles. The summed E-state index contributed by atoms with van der Waals surface area (Å²) in [5.41, 5.74) is 3.16. The van der Waals surface area contributed by atoms with Gasteiger partial charge in [-0.1, -0.05) is 52.5 Å². The van der Waals surface area contributed by atoms with Gasteiger partial charge in [-0.25, -0.2) is 4.98 Å². The molecular formula is C23H18Cl4N4O. The van der Waals surface area contributed by atoms with Crippen LogP contribution in [0.2, 0.25) is 20.1 Å². The van der Waals surface area contributed by atoms with Crippen LogP contribution < -0.4 is 5.32 Å². The van der Waals surface area contributed by atoms with E-state index >= 15 is 0 Å². The van der Waals surface area contributed by atoms with Crippen LogP contribution in [-0.4, -0.2) is 20.4 Å². The Balaban J connectivity index is 1.71. The van der Waals surface area contributed by atoms with Gasteiger partial charge >= 0.3 is 0 Å². The molecule has 0 bridgehead atoms. The molecule has 0 radical (unpaired) electrons. The first-order valence-corrected chi connectivity index (χ1v) is 11.3. The predicted octanol–water partition coefficient (Wildman–Crippen LogP) is 6.51. The molecule has 0 saturated heterocycles. The standard InChI is InChI=1S/C23H18Cl4N4O/c1-13(23(32)29-12-14-4-6-28-7-5-14)31-21-11-19(27)18(26)10-20(21)30-22(31)8-15-2-3-16(24)9-17(15)25/h2-7,9-11,13H,8,12H2,1H3,(H,29,32). The summed E-state index contributed by atoms with van der Waals surface area (Å²) in [4.78, 5) is 21.8. The van der Waals surface area contributed by atoms with Crippen LogP contribution in [0.4, 0.5) is 0 Å². The molecule has 5 nitrogen and oxygen atoms in total. The first kappa shape index (κ1) is 22.9. The summed E-state index contributed by atoms with van der Waals surface area (Å²) in [5, 5.41) is 4.84. The highest BCUT2D eigenvalue weighted by molar-refractivity contribution is 6.42. The van der Waals surface area contributed by atoms with Crippen LogP contribution in [0.3, 0.4) is 0 Å². The molecule has 0 aliphatic rings. The maximum absolute atomic E-state index is 13.0. The number of hydrogen-bond acceptors (Lipinski definition) is 3. The Labute approximate surface area is 205 Å². The Morgan fingerprint density at radius 1 is 1.00 bits per heavy atom. The number of nitrogens with zero attached hydrogens (tertiary/aromatic N) is 3. The van der Waals surface area contributed by atoms with E-state index < -0.39 is 6.04 Å². The Morgan fingerprint density at radius 3 is 2.44 bits per heavy atom. The summed E-state index contributed by atoms with van der Waals surface area (Å²) in [6, 6.07) is 11.9. The van der Waals surface area contributed by atoms with Crippen LogP contribution in [0.25, 0.3) is 11.0 Å². The molecule has 9 heteroatoms. The number of amides is 1. The van der Waals surface area contributed by atoms with Gasteiger partial charge in [0.05, 0.1) is 21.1 Å². The van der Waals surface area contributed by atoms with Crippen molar-refractivity contribution in [2.45, 2.75) is 25.9 Å². The second kappa shape index (κ2) is 9.67. The second-order valence-electron chi connectivity index (χ2n) is 7.31. The van der Waals surface area contributed by atoms with Crippen LogP contribution in [0, 0.1) is 0 Å². The molecule has 4 rings (SSSR count). The lowest BCUT2D eigenvalue weighted by Crippen LogP contribution is -2.31. The number of rotatable bonds is 6. The van der Waals surface area contributed by atoms with E-state index in [0.717, 1.165) is 11.1 Å². The third kappa shape index (κ3) is 4.86. The zero-order valence-corrected chi connectivity index (χ0v) is 20.0. The van der Waals surface area contributed by atoms with E-state index in [2.05, 4.69) is 10.3 Å². The van der Waals surface area contributed by atoms with Gasteiger partial charge < -0.3 is 9.88 Å². The number of benzene rings is 2. The van der Waals surface area contributed by atoms with E-state index in [1.165, 1.54) is 0 Å². The van der Waals surface area contributed by atoms with Crippen molar-refractivity contribution in [2.24, 2.45) is 0 Å². The first-order chi connectivity index (χ1) is 15.3. The number of aromatic nitrogens is 3. The van der Waals surface area contributed by atoms with Crippen LogP contribution in [0.15, 0.2) is 54.9 Å². The lowest BCUT2D eigenvalue weighted by atomic mass is 10.1. The fourth-order valence-corrected chi connectivity index (χ4v) is 4.28. The van der Waals surface area contributed by atoms with Gasteiger partial charge in [0, 0.05) is 35.4 Å². The van der Waals surface area contributed by atoms with Crippen LogP contribution in [0.5, 0.6) is 0 Å². The number of nitrogens with one attached hydrogen (secondary N) is 1. The van der Waals surface area contributed by atoms with Crippen molar-refractivity contribution in [1.82, 2.24) is 19.9 Å². The molecule has 0 spiro atoms. The summed E-state index contributed by atoms with van der Waals surface area (Å²) >= 11 is 24.9. The Bertz CT molecular complexity index is 1290. The van der Waals surface area contributed by atoms with E-state index in [1.807, 2.05) is 29.7 Å². The highest BCUT2D eigenvalue weighted by Gasteiger charge is 2.23. The van der Waals surface area contributed by atoms with Gasteiger partial charge in [0.2, 0.25) is 5.91 Å². The maximum atomic E-state index is 13.0. The monoisotopic (exact) mass is 506 g/mol. The molecule has 4 aromatic rings. The van der Waals surface area contributed by atoms with Crippen LogP contribution in [-0.2, 0) is 17.8 Å². The van der Waals surface area contributed by atoms with Gasteiger partial charge in [-0.05, 0) is 54.4 Å². The van der Waals surface area contributed by atoms with Crippen molar-refractivity contribution in [1.29, 1.82) is 0 Å². The predicted molar refractivity (Wildman–Crippen MR) is 130 cm³/mol. The highest BCUT2D eigenvalue weighted by atomic mass is 35.5. The Hall–Kier alpha value is -2.31. The zero-order chi connectivity index (χ0) is 22.8. The topological polar surface area (TPSA) is 59.8 Å². The molecule has 0 aliphatic heterocycles. The quantitative estimate of drug-likeness (QED) is 0.323. The van der Waals surface area contributed by atoms with Crippen molar-refractivity contribution in [3.63, 3.8) is 0 Å². The fourth-order valence-electron chi connectivity index (χ4n) is 3.49. The molecule has 1 atom stereocenters. The summed E-state index contributed by atoms with van der Waals surface area (Å²) in [6.07, 6.45) is 3.78. The number of imidazole rings is 1. The second-order valence-corrected chi connectivity index (χ2v) is 8.97. The van der Waals surface area contributed by atoms with Crippen LogP contribution >= 0.6 is 46.4 Å². The van der Waals surface area contributed by atoms with E-state index in [0.29, 0.717) is 49.9 Å².